The van der Waals surface area contributed by atoms with Crippen LogP contribution in [0.1, 0.15) is 27.0 Å². The highest BCUT2D eigenvalue weighted by atomic mass is 16.5. The third kappa shape index (κ3) is 6.01. The quantitative estimate of drug-likeness (QED) is 0.178. The molecule has 0 atom stereocenters. The molecule has 0 aliphatic rings. The fourth-order valence-corrected chi connectivity index (χ4v) is 4.92. The molecule has 0 bridgehead atoms. The molecule has 0 amide bonds. The number of hydrogen-bond acceptors (Lipinski definition) is 3. The molecule has 0 saturated carbocycles. The van der Waals surface area contributed by atoms with E-state index in [2.05, 4.69) is 24.3 Å². The smallest absolute Gasteiger partial charge is 0.193 e. The molecule has 3 nitrogen and oxygen atoms in total. The molecular weight excluding hydrogens is 516 g/mol. The lowest BCUT2D eigenvalue weighted by Crippen LogP contribution is -2.03. The lowest BCUT2D eigenvalue weighted by molar-refractivity contribution is 0.103. The average Bonchev–Trinajstić information content (AvgIpc) is 3.04. The van der Waals surface area contributed by atoms with Gasteiger partial charge in [0.05, 0.1) is 0 Å². The van der Waals surface area contributed by atoms with Crippen LogP contribution in [0.25, 0.3) is 22.3 Å². The Labute approximate surface area is 246 Å². The molecular formula is C39H30O3. The molecule has 6 rings (SSSR count). The maximum Gasteiger partial charge on any atom is 0.193 e. The Hall–Kier alpha value is -5.41. The van der Waals surface area contributed by atoms with Crippen molar-refractivity contribution in [3.8, 4) is 45.3 Å². The minimum Gasteiger partial charge on any atom is -0.457 e. The highest BCUT2D eigenvalue weighted by Crippen LogP contribution is 2.31. The van der Waals surface area contributed by atoms with E-state index in [0.717, 1.165) is 56.4 Å². The Bertz CT molecular complexity index is 1690. The predicted molar refractivity (Wildman–Crippen MR) is 170 cm³/mol. The summed E-state index contributed by atoms with van der Waals surface area (Å²) in [6.07, 6.45) is 0. The summed E-state index contributed by atoms with van der Waals surface area (Å²) in [5.74, 6) is 2.89. The summed E-state index contributed by atoms with van der Waals surface area (Å²) in [6.45, 7) is 3.91. The van der Waals surface area contributed by atoms with Crippen LogP contribution in [0.3, 0.4) is 0 Å². The van der Waals surface area contributed by atoms with Crippen molar-refractivity contribution in [3.63, 3.8) is 0 Å². The number of carbonyl (C=O) groups excluding carboxylic acids is 1. The lowest BCUT2D eigenvalue weighted by Gasteiger charge is -2.12. The lowest BCUT2D eigenvalue weighted by atomic mass is 9.99. The number of rotatable bonds is 8. The summed E-state index contributed by atoms with van der Waals surface area (Å²) in [6, 6.07) is 47.6. The molecule has 0 aromatic heterocycles. The van der Waals surface area contributed by atoms with Gasteiger partial charge in [0.1, 0.15) is 23.0 Å². The van der Waals surface area contributed by atoms with Crippen molar-refractivity contribution in [2.75, 3.05) is 0 Å². The summed E-state index contributed by atoms with van der Waals surface area (Å²) in [5, 5.41) is 0. The number of hydrogen-bond donors (Lipinski definition) is 0. The first-order chi connectivity index (χ1) is 20.5. The molecule has 0 radical (unpaired) electrons. The van der Waals surface area contributed by atoms with Crippen LogP contribution >= 0.6 is 0 Å². The molecule has 0 unspecified atom stereocenters. The maximum absolute atomic E-state index is 13.4. The van der Waals surface area contributed by atoms with Crippen LogP contribution in [0.4, 0.5) is 0 Å². The average molecular weight is 547 g/mol. The van der Waals surface area contributed by atoms with Crippen molar-refractivity contribution < 1.29 is 14.3 Å². The zero-order valence-corrected chi connectivity index (χ0v) is 23.6. The van der Waals surface area contributed by atoms with Crippen LogP contribution in [0, 0.1) is 13.8 Å². The SMILES string of the molecule is Cc1cc(C(=O)c2ccc(Oc3ccc(-c4ccccc4)cc3)c(C)c2)ccc1Oc1ccc(-c2ccccc2)cc1. The van der Waals surface area contributed by atoms with Crippen LogP contribution in [-0.4, -0.2) is 5.78 Å². The number of carbonyl (C=O) groups is 1. The molecule has 6 aromatic carbocycles. The van der Waals surface area contributed by atoms with Crippen LogP contribution in [-0.2, 0) is 0 Å². The molecule has 0 saturated heterocycles. The Morgan fingerprint density at radius 2 is 0.786 bits per heavy atom. The van der Waals surface area contributed by atoms with Crippen LogP contribution < -0.4 is 9.47 Å². The predicted octanol–water partition coefficient (Wildman–Crippen LogP) is 10.5. The van der Waals surface area contributed by atoms with Crippen LogP contribution in [0.15, 0.2) is 146 Å². The van der Waals surface area contributed by atoms with Crippen LogP contribution in [0.5, 0.6) is 23.0 Å². The van der Waals surface area contributed by atoms with Gasteiger partial charge < -0.3 is 9.47 Å². The van der Waals surface area contributed by atoms with Crippen molar-refractivity contribution in [3.05, 3.63) is 168 Å². The van der Waals surface area contributed by atoms with E-state index in [1.54, 1.807) is 0 Å². The van der Waals surface area contributed by atoms with E-state index in [1.807, 2.05) is 135 Å². The zero-order valence-electron chi connectivity index (χ0n) is 23.6. The highest BCUT2D eigenvalue weighted by Gasteiger charge is 2.14. The molecule has 0 fully saturated rings. The van der Waals surface area contributed by atoms with Gasteiger partial charge in [-0.25, -0.2) is 0 Å². The standard InChI is InChI=1S/C39H30O3/c1-27-25-33(17-23-37(27)41-35-19-13-31(14-20-35)29-9-5-3-6-10-29)39(40)34-18-24-38(28(2)26-34)42-36-21-15-32(16-22-36)30-11-7-4-8-12-30/h3-26H,1-2H3. The number of ether oxygens (including phenoxy) is 2. The van der Waals surface area contributed by atoms with E-state index >= 15 is 0 Å². The molecule has 0 aliphatic heterocycles. The second-order valence-corrected chi connectivity index (χ2v) is 10.3. The van der Waals surface area contributed by atoms with Gasteiger partial charge in [0.2, 0.25) is 0 Å². The molecule has 0 aliphatic carbocycles. The Morgan fingerprint density at radius 3 is 1.14 bits per heavy atom. The summed E-state index contributed by atoms with van der Waals surface area (Å²) in [5.41, 5.74) is 7.60. The first-order valence-corrected chi connectivity index (χ1v) is 14.0. The topological polar surface area (TPSA) is 35.5 Å². The Kier molecular flexibility index (Phi) is 7.65. The first kappa shape index (κ1) is 26.8. The van der Waals surface area contributed by atoms with Crippen LogP contribution in [0.2, 0.25) is 0 Å². The van der Waals surface area contributed by atoms with Gasteiger partial charge in [0.15, 0.2) is 5.78 Å². The van der Waals surface area contributed by atoms with Gasteiger partial charge in [-0.3, -0.25) is 4.79 Å². The van der Waals surface area contributed by atoms with E-state index in [1.165, 1.54) is 0 Å². The minimum atomic E-state index is -0.0428. The van der Waals surface area contributed by atoms with Crippen molar-refractivity contribution in [2.24, 2.45) is 0 Å². The van der Waals surface area contributed by atoms with Gasteiger partial charge in [0, 0.05) is 11.1 Å². The van der Waals surface area contributed by atoms with Crippen molar-refractivity contribution in [1.29, 1.82) is 0 Å². The number of benzene rings is 6. The molecule has 0 heterocycles. The molecule has 0 N–H and O–H groups in total. The van der Waals surface area contributed by atoms with E-state index in [0.29, 0.717) is 11.1 Å². The largest absolute Gasteiger partial charge is 0.457 e. The highest BCUT2D eigenvalue weighted by molar-refractivity contribution is 6.09. The summed E-state index contributed by atoms with van der Waals surface area (Å²) >= 11 is 0. The number of aryl methyl sites for hydroxylation is 2. The molecule has 0 spiro atoms. The Morgan fingerprint density at radius 1 is 0.429 bits per heavy atom. The van der Waals surface area contributed by atoms with Gasteiger partial charge in [-0.2, -0.15) is 0 Å². The van der Waals surface area contributed by atoms with E-state index in [-0.39, 0.29) is 5.78 Å². The second kappa shape index (κ2) is 12.0. The van der Waals surface area contributed by atoms with Crippen molar-refractivity contribution >= 4 is 5.78 Å². The number of ketones is 1. The molecule has 6 aromatic rings. The minimum absolute atomic E-state index is 0.0428. The first-order valence-electron chi connectivity index (χ1n) is 14.0. The van der Waals surface area contributed by atoms with E-state index < -0.39 is 0 Å². The van der Waals surface area contributed by atoms with Gasteiger partial charge in [-0.15, -0.1) is 0 Å². The normalized spacial score (nSPS) is 10.7. The molecule has 42 heavy (non-hydrogen) atoms. The van der Waals surface area contributed by atoms with Gasteiger partial charge in [-0.05, 0) is 108 Å². The fraction of sp³-hybridized carbons (Fsp3) is 0.0513. The third-order valence-corrected chi connectivity index (χ3v) is 7.25. The monoisotopic (exact) mass is 546 g/mol. The van der Waals surface area contributed by atoms with Crippen molar-refractivity contribution in [1.82, 2.24) is 0 Å². The summed E-state index contributed by atoms with van der Waals surface area (Å²) in [4.78, 5) is 13.4. The Balaban J connectivity index is 1.12. The fourth-order valence-electron chi connectivity index (χ4n) is 4.92. The maximum atomic E-state index is 13.4. The van der Waals surface area contributed by atoms with Gasteiger partial charge in [0.25, 0.3) is 0 Å². The van der Waals surface area contributed by atoms with Gasteiger partial charge in [-0.1, -0.05) is 84.9 Å². The summed E-state index contributed by atoms with van der Waals surface area (Å²) < 4.78 is 12.3. The van der Waals surface area contributed by atoms with Crippen molar-refractivity contribution in [2.45, 2.75) is 13.8 Å². The molecule has 204 valence electrons. The van der Waals surface area contributed by atoms with Gasteiger partial charge >= 0.3 is 0 Å². The third-order valence-electron chi connectivity index (χ3n) is 7.25. The molecule has 3 heteroatoms. The zero-order chi connectivity index (χ0) is 28.9. The second-order valence-electron chi connectivity index (χ2n) is 10.3. The summed E-state index contributed by atoms with van der Waals surface area (Å²) in [7, 11) is 0. The van der Waals surface area contributed by atoms with E-state index in [4.69, 9.17) is 9.47 Å². The van der Waals surface area contributed by atoms with E-state index in [9.17, 15) is 4.79 Å².